The Morgan fingerprint density at radius 3 is 2.35 bits per heavy atom. The number of aliphatic hydroxyl groups is 2. The van der Waals surface area contributed by atoms with Crippen molar-refractivity contribution in [2.24, 2.45) is 0 Å². The summed E-state index contributed by atoms with van der Waals surface area (Å²) in [6, 6.07) is 0. The van der Waals surface area contributed by atoms with Gasteiger partial charge in [0.05, 0.1) is 18.8 Å². The SMILES string of the molecule is C=C1NC(=O)C(CO)=CN1[C@@H]1O[C@H](COP(=O)(O)OP(=O)(O)OP(=O)(O)O)[C@H](O)C1OC(C)=O. The Bertz CT molecular complexity index is 1010. The Kier molecular flexibility index (Phi) is 8.99. The molecule has 34 heavy (non-hydrogen) atoms. The van der Waals surface area contributed by atoms with Crippen LogP contribution in [-0.4, -0.2) is 84.3 Å². The highest BCUT2D eigenvalue weighted by Crippen LogP contribution is 2.66. The fraction of sp³-hybridized carbons (Fsp3) is 0.538. The van der Waals surface area contributed by atoms with Gasteiger partial charge in [-0.15, -0.1) is 0 Å². The van der Waals surface area contributed by atoms with Gasteiger partial charge in [-0.05, 0) is 0 Å². The van der Waals surface area contributed by atoms with Gasteiger partial charge in [-0.1, -0.05) is 6.58 Å². The highest BCUT2D eigenvalue weighted by Gasteiger charge is 2.51. The van der Waals surface area contributed by atoms with Crippen LogP contribution in [0.3, 0.4) is 0 Å². The van der Waals surface area contributed by atoms with E-state index in [4.69, 9.17) is 19.3 Å². The maximum absolute atomic E-state index is 11.9. The summed E-state index contributed by atoms with van der Waals surface area (Å²) in [7, 11) is -16.9. The Labute approximate surface area is 190 Å². The van der Waals surface area contributed by atoms with Crippen LogP contribution in [0.2, 0.25) is 0 Å². The van der Waals surface area contributed by atoms with Crippen LogP contribution in [0.4, 0.5) is 0 Å². The number of ether oxygens (including phenoxy) is 2. The first-order valence-corrected chi connectivity index (χ1v) is 13.4. The second kappa shape index (κ2) is 10.6. The largest absolute Gasteiger partial charge is 0.490 e. The predicted octanol–water partition coefficient (Wildman–Crippen LogP) is -1.87. The van der Waals surface area contributed by atoms with Crippen LogP contribution in [0.5, 0.6) is 0 Å². The number of phosphoric ester groups is 1. The van der Waals surface area contributed by atoms with Gasteiger partial charge >= 0.3 is 29.4 Å². The average Bonchev–Trinajstić information content (AvgIpc) is 2.92. The lowest BCUT2D eigenvalue weighted by atomic mass is 10.1. The van der Waals surface area contributed by atoms with Crippen molar-refractivity contribution in [2.75, 3.05) is 13.2 Å². The molecule has 2 aliphatic rings. The number of rotatable bonds is 10. The number of esters is 1. The molecule has 6 atom stereocenters. The molecular formula is C13H21N2O16P3. The average molecular weight is 554 g/mol. The summed E-state index contributed by atoms with van der Waals surface area (Å²) >= 11 is 0. The van der Waals surface area contributed by atoms with Gasteiger partial charge in [-0.3, -0.25) is 14.1 Å². The van der Waals surface area contributed by atoms with Crippen LogP contribution in [0.15, 0.2) is 24.2 Å². The molecule has 0 radical (unpaired) electrons. The van der Waals surface area contributed by atoms with Crippen LogP contribution in [-0.2, 0) is 45.9 Å². The van der Waals surface area contributed by atoms with Crippen molar-refractivity contribution in [1.82, 2.24) is 10.2 Å². The van der Waals surface area contributed by atoms with E-state index in [9.17, 15) is 43.3 Å². The monoisotopic (exact) mass is 554 g/mol. The number of carbonyl (C=O) groups is 2. The van der Waals surface area contributed by atoms with Crippen LogP contribution in [0, 0.1) is 0 Å². The van der Waals surface area contributed by atoms with Gasteiger partial charge in [0, 0.05) is 13.1 Å². The summed E-state index contributed by atoms with van der Waals surface area (Å²) < 4.78 is 56.1. The number of phosphoric acid groups is 3. The number of hydrogen-bond donors (Lipinski definition) is 7. The van der Waals surface area contributed by atoms with Gasteiger partial charge in [0.2, 0.25) is 0 Å². The van der Waals surface area contributed by atoms with Crippen molar-refractivity contribution < 1.29 is 75.7 Å². The van der Waals surface area contributed by atoms with Crippen molar-refractivity contribution in [3.8, 4) is 0 Å². The molecule has 0 aromatic rings. The van der Waals surface area contributed by atoms with Crippen LogP contribution in [0.25, 0.3) is 0 Å². The molecule has 0 aromatic carbocycles. The zero-order chi connectivity index (χ0) is 26.1. The topological polar surface area (TPSA) is 268 Å². The predicted molar refractivity (Wildman–Crippen MR) is 104 cm³/mol. The number of amides is 1. The lowest BCUT2D eigenvalue weighted by molar-refractivity contribution is -0.157. The van der Waals surface area contributed by atoms with Crippen molar-refractivity contribution >= 4 is 35.3 Å². The minimum absolute atomic E-state index is 0.106. The molecular weight excluding hydrogens is 533 g/mol. The molecule has 0 saturated carbocycles. The Morgan fingerprint density at radius 2 is 1.82 bits per heavy atom. The molecule has 21 heteroatoms. The van der Waals surface area contributed by atoms with Gasteiger partial charge in [-0.2, -0.15) is 8.62 Å². The van der Waals surface area contributed by atoms with Gasteiger partial charge in [-0.25, -0.2) is 13.7 Å². The van der Waals surface area contributed by atoms with Gasteiger partial charge in [0.1, 0.15) is 18.0 Å². The van der Waals surface area contributed by atoms with Gasteiger partial charge in [0.25, 0.3) is 5.91 Å². The molecule has 18 nitrogen and oxygen atoms in total. The molecule has 194 valence electrons. The Balaban J connectivity index is 2.18. The molecule has 0 bridgehead atoms. The fourth-order valence-corrected chi connectivity index (χ4v) is 5.82. The number of aliphatic hydroxyl groups excluding tert-OH is 2. The summed E-state index contributed by atoms with van der Waals surface area (Å²) in [6.07, 6.45) is -5.09. The number of carbonyl (C=O) groups excluding carboxylic acids is 2. The van der Waals surface area contributed by atoms with Crippen molar-refractivity contribution in [3.63, 3.8) is 0 Å². The highest BCUT2D eigenvalue weighted by atomic mass is 31.3. The summed E-state index contributed by atoms with van der Waals surface area (Å²) in [5.41, 5.74) is -0.149. The third-order valence-corrected chi connectivity index (χ3v) is 7.84. The minimum Gasteiger partial charge on any atom is -0.455 e. The molecule has 1 fully saturated rings. The van der Waals surface area contributed by atoms with Crippen LogP contribution in [0.1, 0.15) is 6.92 Å². The number of nitrogens with zero attached hydrogens (tertiary/aromatic N) is 1. The second-order valence-electron chi connectivity index (χ2n) is 6.64. The van der Waals surface area contributed by atoms with Crippen LogP contribution >= 0.6 is 23.5 Å². The van der Waals surface area contributed by atoms with Crippen molar-refractivity contribution in [1.29, 1.82) is 0 Å². The molecule has 2 rings (SSSR count). The third-order valence-electron chi connectivity index (χ3n) is 4.03. The van der Waals surface area contributed by atoms with E-state index < -0.39 is 73.1 Å². The summed E-state index contributed by atoms with van der Waals surface area (Å²) in [5, 5.41) is 22.1. The van der Waals surface area contributed by atoms with Crippen molar-refractivity contribution in [2.45, 2.75) is 31.5 Å². The van der Waals surface area contributed by atoms with Crippen LogP contribution < -0.4 is 5.32 Å². The van der Waals surface area contributed by atoms with Crippen molar-refractivity contribution in [3.05, 3.63) is 24.2 Å². The zero-order valence-corrected chi connectivity index (χ0v) is 19.7. The molecule has 0 aliphatic carbocycles. The standard InChI is InChI=1S/C13H21N2O16P3/c1-6-14-12(19)8(4-16)3-15(6)13-11(28-7(2)17)10(18)9(29-13)5-27-33(23,24)31-34(25,26)30-32(20,21)22/h3,9-11,13,16,18H,1,4-5H2,2H3,(H,14,19)(H,23,24)(H,25,26)(H2,20,21,22)/t9-,10+,11?,13-/m1/s1. The Hall–Kier alpha value is -1.49. The maximum atomic E-state index is 11.9. The second-order valence-corrected chi connectivity index (χ2v) is 11.1. The smallest absolute Gasteiger partial charge is 0.455 e. The minimum atomic E-state index is -5.77. The summed E-state index contributed by atoms with van der Waals surface area (Å²) in [4.78, 5) is 60.2. The lowest BCUT2D eigenvalue weighted by Gasteiger charge is -2.35. The zero-order valence-electron chi connectivity index (χ0n) is 17.1. The van der Waals surface area contributed by atoms with Gasteiger partial charge in [0.15, 0.2) is 12.3 Å². The lowest BCUT2D eigenvalue weighted by Crippen LogP contribution is -2.49. The molecule has 1 saturated heterocycles. The fourth-order valence-electron chi connectivity index (χ4n) is 2.79. The van der Waals surface area contributed by atoms with E-state index >= 15 is 0 Å². The summed E-state index contributed by atoms with van der Waals surface area (Å²) in [6.45, 7) is 2.84. The first-order chi connectivity index (χ1) is 15.4. The molecule has 0 spiro atoms. The van der Waals surface area contributed by atoms with E-state index in [2.05, 4.69) is 25.0 Å². The highest BCUT2D eigenvalue weighted by molar-refractivity contribution is 7.66. The third kappa shape index (κ3) is 7.76. The van der Waals surface area contributed by atoms with E-state index in [-0.39, 0.29) is 11.4 Å². The Morgan fingerprint density at radius 1 is 1.21 bits per heavy atom. The first kappa shape index (κ1) is 28.7. The molecule has 2 aliphatic heterocycles. The van der Waals surface area contributed by atoms with E-state index in [1.54, 1.807) is 0 Å². The van der Waals surface area contributed by atoms with E-state index in [0.717, 1.165) is 18.0 Å². The van der Waals surface area contributed by atoms with E-state index in [0.29, 0.717) is 0 Å². The quantitative estimate of drug-likeness (QED) is 0.115. The molecule has 0 aromatic heterocycles. The molecule has 7 N–H and O–H groups in total. The molecule has 1 amide bonds. The van der Waals surface area contributed by atoms with Gasteiger partial charge < -0.3 is 49.5 Å². The first-order valence-electron chi connectivity index (χ1n) is 8.84. The molecule has 2 heterocycles. The number of hydrogen-bond acceptors (Lipinski definition) is 13. The van der Waals surface area contributed by atoms with E-state index in [1.807, 2.05) is 0 Å². The number of nitrogens with one attached hydrogen (secondary N) is 1. The molecule has 3 unspecified atom stereocenters. The van der Waals surface area contributed by atoms with E-state index in [1.165, 1.54) is 0 Å². The summed E-state index contributed by atoms with van der Waals surface area (Å²) in [5.74, 6) is -1.66. The normalized spacial score (nSPS) is 29.1. The maximum Gasteiger partial charge on any atom is 0.490 e.